The molecule has 1 amide bonds. The molecule has 32 heavy (non-hydrogen) atoms. The van der Waals surface area contributed by atoms with Crippen LogP contribution in [0.25, 0.3) is 11.3 Å². The molecule has 3 heterocycles. The number of imidazole rings is 1. The number of nitrogens with one attached hydrogen (secondary N) is 2. The first-order chi connectivity index (χ1) is 15.2. The molecule has 0 aliphatic carbocycles. The van der Waals surface area contributed by atoms with Crippen molar-refractivity contribution in [2.75, 3.05) is 6.54 Å². The number of benzene rings is 1. The highest BCUT2D eigenvalue weighted by molar-refractivity contribution is 6.42. The number of rotatable bonds is 5. The minimum absolute atomic E-state index is 0.232. The van der Waals surface area contributed by atoms with Crippen LogP contribution in [0.3, 0.4) is 0 Å². The van der Waals surface area contributed by atoms with E-state index in [4.69, 9.17) is 16.2 Å². The Labute approximate surface area is 184 Å². The molecule has 2 aliphatic rings. The van der Waals surface area contributed by atoms with Crippen LogP contribution in [0.5, 0.6) is 0 Å². The predicted molar refractivity (Wildman–Crippen MR) is 121 cm³/mol. The minimum Gasteiger partial charge on any atom is -0.402 e. The molecule has 0 saturated heterocycles. The quantitative estimate of drug-likeness (QED) is 0.621. The summed E-state index contributed by atoms with van der Waals surface area (Å²) in [5.74, 6) is 0.536. The Morgan fingerprint density at radius 2 is 2.03 bits per heavy atom. The predicted octanol–water partition coefficient (Wildman–Crippen LogP) is 1.85. The Kier molecular flexibility index (Phi) is 5.43. The number of allylic oxidation sites excluding steroid dienone is 2. The lowest BCUT2D eigenvalue weighted by Crippen LogP contribution is -2.40. The van der Waals surface area contributed by atoms with Gasteiger partial charge in [-0.25, -0.2) is 19.4 Å². The number of aromatic nitrogens is 2. The molecule has 0 bridgehead atoms. The number of halogens is 1. The Hall–Kier alpha value is -4.08. The summed E-state index contributed by atoms with van der Waals surface area (Å²) >= 11 is 0. The van der Waals surface area contributed by atoms with Crippen molar-refractivity contribution >= 4 is 23.2 Å². The maximum Gasteiger partial charge on any atom is 0.270 e. The van der Waals surface area contributed by atoms with E-state index in [1.54, 1.807) is 24.1 Å². The van der Waals surface area contributed by atoms with Crippen molar-refractivity contribution in [3.8, 4) is 11.3 Å². The van der Waals surface area contributed by atoms with Gasteiger partial charge in [-0.15, -0.1) is 0 Å². The fourth-order valence-corrected chi connectivity index (χ4v) is 3.50. The monoisotopic (exact) mass is 434 g/mol. The van der Waals surface area contributed by atoms with Crippen LogP contribution in [-0.4, -0.2) is 50.4 Å². The summed E-state index contributed by atoms with van der Waals surface area (Å²) < 4.78 is 15.3. The molecule has 9 nitrogen and oxygen atoms in total. The van der Waals surface area contributed by atoms with E-state index in [0.29, 0.717) is 29.5 Å². The van der Waals surface area contributed by atoms with Gasteiger partial charge in [-0.1, -0.05) is 0 Å². The number of carbonyl (C=O) groups excluding carboxylic acids is 1. The van der Waals surface area contributed by atoms with Crippen LogP contribution in [0.4, 0.5) is 4.39 Å². The van der Waals surface area contributed by atoms with Gasteiger partial charge in [0.2, 0.25) is 0 Å². The second kappa shape index (κ2) is 8.22. The zero-order valence-corrected chi connectivity index (χ0v) is 17.9. The van der Waals surface area contributed by atoms with Gasteiger partial charge in [0.15, 0.2) is 0 Å². The number of aryl methyl sites for hydroxylation is 1. The third-order valence-corrected chi connectivity index (χ3v) is 5.11. The maximum atomic E-state index is 13.4. The number of fused-ring (bicyclic) bond motifs is 1. The van der Waals surface area contributed by atoms with E-state index in [1.807, 2.05) is 30.7 Å². The molecular weight excluding hydrogens is 411 g/mol. The van der Waals surface area contributed by atoms with Crippen LogP contribution in [0, 0.1) is 18.2 Å². The molecule has 4 N–H and O–H groups in total. The van der Waals surface area contributed by atoms with E-state index in [-0.39, 0.29) is 11.5 Å². The second-order valence-electron chi connectivity index (χ2n) is 7.60. The number of nitrogens with two attached hydrogens (primary N) is 1. The van der Waals surface area contributed by atoms with E-state index >= 15 is 0 Å². The van der Waals surface area contributed by atoms with Gasteiger partial charge in [-0.2, -0.15) is 5.10 Å². The molecule has 2 aliphatic heterocycles. The summed E-state index contributed by atoms with van der Waals surface area (Å²) in [6.45, 7) is 3.83. The van der Waals surface area contributed by atoms with Crippen LogP contribution < -0.4 is 11.1 Å². The molecule has 0 spiro atoms. The average molecular weight is 434 g/mol. The Bertz CT molecular complexity index is 1220. The van der Waals surface area contributed by atoms with Gasteiger partial charge in [-0.3, -0.25) is 10.2 Å². The number of amides is 1. The van der Waals surface area contributed by atoms with Gasteiger partial charge >= 0.3 is 0 Å². The average Bonchev–Trinajstić information content (AvgIpc) is 3.27. The number of carbonyl (C=O) groups is 1. The summed E-state index contributed by atoms with van der Waals surface area (Å²) in [7, 11) is 1.90. The van der Waals surface area contributed by atoms with Crippen molar-refractivity contribution in [2.24, 2.45) is 22.9 Å². The first-order valence-corrected chi connectivity index (χ1v) is 9.97. The first kappa shape index (κ1) is 21.2. The van der Waals surface area contributed by atoms with E-state index in [1.165, 1.54) is 18.2 Å². The third-order valence-electron chi connectivity index (χ3n) is 5.11. The fourth-order valence-electron chi connectivity index (χ4n) is 3.50. The minimum atomic E-state index is -0.557. The highest BCUT2D eigenvalue weighted by Gasteiger charge is 2.29. The largest absolute Gasteiger partial charge is 0.402 e. The summed E-state index contributed by atoms with van der Waals surface area (Å²) in [6, 6.07) is 6.18. The summed E-state index contributed by atoms with van der Waals surface area (Å²) in [5, 5.41) is 16.9. The van der Waals surface area contributed by atoms with Gasteiger partial charge in [0.25, 0.3) is 5.91 Å². The molecule has 1 aromatic carbocycles. The number of amidine groups is 1. The molecule has 1 unspecified atom stereocenters. The molecule has 1 atom stereocenters. The third kappa shape index (κ3) is 4.07. The number of hydrogen-bond acceptors (Lipinski definition) is 7. The molecule has 0 saturated carbocycles. The molecule has 10 heteroatoms. The van der Waals surface area contributed by atoms with Crippen molar-refractivity contribution in [3.05, 3.63) is 65.5 Å². The summed E-state index contributed by atoms with van der Waals surface area (Å²) in [5.41, 5.74) is 8.63. The van der Waals surface area contributed by atoms with E-state index in [0.717, 1.165) is 17.1 Å². The lowest BCUT2D eigenvalue weighted by Gasteiger charge is -2.19. The van der Waals surface area contributed by atoms with Crippen molar-refractivity contribution in [2.45, 2.75) is 20.0 Å². The zero-order chi connectivity index (χ0) is 23.0. The maximum absolute atomic E-state index is 13.4. The Morgan fingerprint density at radius 3 is 2.72 bits per heavy atom. The molecule has 2 aromatic rings. The van der Waals surface area contributed by atoms with Crippen molar-refractivity contribution in [3.63, 3.8) is 0 Å². The lowest BCUT2D eigenvalue weighted by molar-refractivity contribution is -0.115. The topological polar surface area (TPSA) is 125 Å². The van der Waals surface area contributed by atoms with Crippen molar-refractivity contribution in [1.29, 1.82) is 5.41 Å². The second-order valence-corrected chi connectivity index (χ2v) is 7.60. The van der Waals surface area contributed by atoms with Crippen LogP contribution in [0.1, 0.15) is 18.4 Å². The van der Waals surface area contributed by atoms with Gasteiger partial charge in [0.1, 0.15) is 35.1 Å². The van der Waals surface area contributed by atoms with Crippen LogP contribution in [-0.2, 0) is 11.8 Å². The van der Waals surface area contributed by atoms with Gasteiger partial charge < -0.3 is 15.6 Å². The number of nitrogens with zero attached hydrogens (tertiary/aromatic N) is 5. The molecule has 4 rings (SSSR count). The SMILES string of the molecule is C/C(N)=C/C(=N)C(=O)NC1CN2N=C(c3c(-c4ccc(F)cc4)nc(C)n3C)C=CC2=N1. The first-order valence-electron chi connectivity index (χ1n) is 9.97. The summed E-state index contributed by atoms with van der Waals surface area (Å²) in [6.07, 6.45) is 4.41. The van der Waals surface area contributed by atoms with Crippen molar-refractivity contribution < 1.29 is 9.18 Å². The smallest absolute Gasteiger partial charge is 0.270 e. The standard InChI is InChI=1S/C22H23FN8O/c1-12(24)10-16(25)22(32)28-18-11-31-19(27-18)9-8-17(29-31)21-20(26-13(2)30(21)3)14-4-6-15(23)7-5-14/h4-10,18,25H,11,24H2,1-3H3,(H,28,32)/b12-10-,25-16?. The van der Waals surface area contributed by atoms with Crippen molar-refractivity contribution in [1.82, 2.24) is 19.9 Å². The highest BCUT2D eigenvalue weighted by Crippen LogP contribution is 2.27. The van der Waals surface area contributed by atoms with Crippen LogP contribution >= 0.6 is 0 Å². The zero-order valence-electron chi connectivity index (χ0n) is 17.9. The molecule has 0 radical (unpaired) electrons. The Morgan fingerprint density at radius 1 is 1.31 bits per heavy atom. The number of aliphatic imine (C=N–C) groups is 1. The molecule has 1 aromatic heterocycles. The Balaban J connectivity index is 1.58. The molecular formula is C22H23FN8O. The van der Waals surface area contributed by atoms with E-state index in [9.17, 15) is 9.18 Å². The van der Waals surface area contributed by atoms with Crippen LogP contribution in [0.2, 0.25) is 0 Å². The van der Waals surface area contributed by atoms with E-state index in [2.05, 4.69) is 15.3 Å². The fraction of sp³-hybridized carbons (Fsp3) is 0.227. The van der Waals surface area contributed by atoms with Gasteiger partial charge in [0, 0.05) is 18.3 Å². The van der Waals surface area contributed by atoms with Crippen LogP contribution in [0.15, 0.2) is 58.3 Å². The lowest BCUT2D eigenvalue weighted by atomic mass is 10.1. The number of hydrogen-bond donors (Lipinski definition) is 3. The molecule has 0 fully saturated rings. The highest BCUT2D eigenvalue weighted by atomic mass is 19.1. The molecule has 164 valence electrons. The van der Waals surface area contributed by atoms with Gasteiger partial charge in [-0.05, 0) is 56.3 Å². The van der Waals surface area contributed by atoms with Gasteiger partial charge in [0.05, 0.1) is 17.9 Å². The normalized spacial score (nSPS) is 17.7. The van der Waals surface area contributed by atoms with E-state index < -0.39 is 12.1 Å². The summed E-state index contributed by atoms with van der Waals surface area (Å²) in [4.78, 5) is 21.3. The number of hydrazone groups is 1.